The summed E-state index contributed by atoms with van der Waals surface area (Å²) in [5.74, 6) is -0.449. The number of aliphatic hydroxyl groups is 6. The molecule has 4 fully saturated rings. The third-order valence-electron chi connectivity index (χ3n) is 9.34. The van der Waals surface area contributed by atoms with E-state index in [1.54, 1.807) is 0 Å². The van der Waals surface area contributed by atoms with E-state index in [0.717, 1.165) is 0 Å². The summed E-state index contributed by atoms with van der Waals surface area (Å²) in [6.07, 6.45) is -18.6. The van der Waals surface area contributed by atoms with Gasteiger partial charge in [-0.2, -0.15) is 0 Å². The molecule has 22 nitrogen and oxygen atoms in total. The Bertz CT molecular complexity index is 1040. The van der Waals surface area contributed by atoms with Crippen LogP contribution in [0.15, 0.2) is 0 Å². The topological polar surface area (TPSA) is 400 Å². The Morgan fingerprint density at radius 2 is 1.24 bits per heavy atom. The lowest BCUT2D eigenvalue weighted by molar-refractivity contribution is -0.297. The second-order valence-electron chi connectivity index (χ2n) is 12.8. The molecule has 22 N–H and O–H groups in total. The zero-order valence-electron chi connectivity index (χ0n) is 27.0. The van der Waals surface area contributed by atoms with Crippen molar-refractivity contribution in [3.63, 3.8) is 0 Å². The van der Waals surface area contributed by atoms with Gasteiger partial charge in [0.1, 0.15) is 48.8 Å². The number of ether oxygens (including phenoxy) is 6. The quantitative estimate of drug-likeness (QED) is 0.0743. The average Bonchev–Trinajstić information content (AvgIpc) is 3.37. The summed E-state index contributed by atoms with van der Waals surface area (Å²) in [4.78, 5) is 12.4. The summed E-state index contributed by atoms with van der Waals surface area (Å²) in [6, 6.07) is -5.26. The third kappa shape index (κ3) is 9.01. The molecule has 1 amide bonds. The minimum Gasteiger partial charge on any atom is -0.394 e. The first-order valence-corrected chi connectivity index (χ1v) is 16.3. The van der Waals surface area contributed by atoms with Crippen LogP contribution < -0.4 is 50.8 Å². The van der Waals surface area contributed by atoms with E-state index in [0.29, 0.717) is 13.1 Å². The van der Waals surface area contributed by atoms with Crippen molar-refractivity contribution in [3.05, 3.63) is 0 Å². The number of aliphatic hydroxyl groups excluding tert-OH is 6. The van der Waals surface area contributed by atoms with Crippen molar-refractivity contribution in [2.45, 2.75) is 123 Å². The molecule has 19 atom stereocenters. The van der Waals surface area contributed by atoms with E-state index in [2.05, 4.69) is 10.6 Å². The zero-order valence-corrected chi connectivity index (χ0v) is 27.0. The van der Waals surface area contributed by atoms with Crippen LogP contribution >= 0.6 is 0 Å². The van der Waals surface area contributed by atoms with E-state index < -0.39 is 129 Å². The van der Waals surface area contributed by atoms with Gasteiger partial charge < -0.3 is 110 Å². The maximum atomic E-state index is 12.4. The second kappa shape index (κ2) is 17.9. The van der Waals surface area contributed by atoms with Gasteiger partial charge in [-0.05, 0) is 6.42 Å². The molecule has 3 heterocycles. The van der Waals surface area contributed by atoms with Crippen molar-refractivity contribution in [1.82, 2.24) is 10.6 Å². The molecular weight excluding hydrogens is 658 g/mol. The molecule has 0 aromatic heterocycles. The largest absolute Gasteiger partial charge is 0.394 e. The van der Waals surface area contributed by atoms with Crippen LogP contribution in [-0.4, -0.2) is 192 Å². The Hall–Kier alpha value is -1.33. The van der Waals surface area contributed by atoms with Gasteiger partial charge in [0.25, 0.3) is 0 Å². The van der Waals surface area contributed by atoms with Gasteiger partial charge in [0, 0.05) is 38.3 Å². The fourth-order valence-corrected chi connectivity index (χ4v) is 6.48. The zero-order chi connectivity index (χ0) is 36.2. The van der Waals surface area contributed by atoms with E-state index in [1.165, 1.54) is 0 Å². The lowest BCUT2D eigenvalue weighted by atomic mass is 9.84. The van der Waals surface area contributed by atoms with Gasteiger partial charge in [0.05, 0.1) is 49.6 Å². The minimum atomic E-state index is -1.63. The summed E-state index contributed by atoms with van der Waals surface area (Å²) >= 11 is 0. The molecule has 286 valence electrons. The van der Waals surface area contributed by atoms with Crippen LogP contribution in [0.4, 0.5) is 0 Å². The van der Waals surface area contributed by atoms with Gasteiger partial charge in [0.15, 0.2) is 18.9 Å². The lowest BCUT2D eigenvalue weighted by Crippen LogP contribution is -2.70. The number of amides is 1. The van der Waals surface area contributed by atoms with Crippen LogP contribution in [-0.2, 0) is 33.2 Å². The highest BCUT2D eigenvalue weighted by Gasteiger charge is 2.54. The predicted octanol–water partition coefficient (Wildman–Crippen LogP) is -10.2. The molecule has 1 aliphatic carbocycles. The van der Waals surface area contributed by atoms with Crippen LogP contribution in [0, 0.1) is 0 Å². The van der Waals surface area contributed by atoms with Crippen molar-refractivity contribution in [2.75, 3.05) is 39.3 Å². The summed E-state index contributed by atoms with van der Waals surface area (Å²) in [7, 11) is 0. The van der Waals surface area contributed by atoms with Gasteiger partial charge >= 0.3 is 0 Å². The molecular formula is C27H55N9O13. The van der Waals surface area contributed by atoms with Crippen LogP contribution in [0.2, 0.25) is 0 Å². The normalized spacial score (nSPS) is 47.7. The Labute approximate surface area is 282 Å². The highest BCUT2D eigenvalue weighted by molar-refractivity contribution is 5.78. The van der Waals surface area contributed by atoms with Gasteiger partial charge in [-0.1, -0.05) is 0 Å². The van der Waals surface area contributed by atoms with Gasteiger partial charge in [-0.15, -0.1) is 0 Å². The van der Waals surface area contributed by atoms with Crippen molar-refractivity contribution in [2.24, 2.45) is 40.1 Å². The molecule has 22 heteroatoms. The fourth-order valence-electron chi connectivity index (χ4n) is 6.48. The SMILES string of the molecule is NCCNCC(=O)N[C@@H]1C(CN)O[C@H](O[C@@H]2C(N)C[C@@H](N)C(O)[C@H]2OC2O[C@H](CO)[C@H](O[C@H]3O[C@@H](CN)C(O)C(O)[C@H]3N)C2O)[C@@H](N)C1O. The van der Waals surface area contributed by atoms with Crippen LogP contribution in [0.5, 0.6) is 0 Å². The molecule has 0 radical (unpaired) electrons. The van der Waals surface area contributed by atoms with Gasteiger partial charge in [-0.25, -0.2) is 0 Å². The lowest BCUT2D eigenvalue weighted by Gasteiger charge is -2.48. The molecule has 8 unspecified atom stereocenters. The van der Waals surface area contributed by atoms with E-state index in [1.807, 2.05) is 0 Å². The number of hydrogen-bond acceptors (Lipinski definition) is 21. The van der Waals surface area contributed by atoms with E-state index in [9.17, 15) is 35.4 Å². The number of carbonyl (C=O) groups excluding carboxylic acids is 1. The Morgan fingerprint density at radius 3 is 1.86 bits per heavy atom. The standard InChI is InChI=1S/C27H55N9O13/c28-1-2-35-6-13(38)36-16-10(4-29)44-25(14(33)19(16)41)47-22-9(32)3-8(31)17(39)24(22)49-27-21(43)23(12(7-37)46-27)48-26-15(34)20(42)18(40)11(5-30)45-26/h8-12,14-27,35,37,39-43H,1-7,28-34H2,(H,36,38)/t8-,9?,10?,11+,12-,14+,15-,16-,17?,18?,19?,20?,21?,22-,23+,24-,25-,26-,27?/m1/s1. The van der Waals surface area contributed by atoms with E-state index in [-0.39, 0.29) is 26.1 Å². The summed E-state index contributed by atoms with van der Waals surface area (Å²) in [5, 5.41) is 69.5. The molecule has 4 rings (SSSR count). The number of nitrogens with two attached hydrogens (primary N) is 7. The first kappa shape index (κ1) is 40.4. The van der Waals surface area contributed by atoms with Crippen LogP contribution in [0.25, 0.3) is 0 Å². The first-order chi connectivity index (χ1) is 23.3. The number of nitrogens with one attached hydrogen (secondary N) is 2. The Morgan fingerprint density at radius 1 is 0.673 bits per heavy atom. The maximum Gasteiger partial charge on any atom is 0.234 e. The van der Waals surface area contributed by atoms with Crippen molar-refractivity contribution in [1.29, 1.82) is 0 Å². The molecule has 4 aliphatic rings. The first-order valence-electron chi connectivity index (χ1n) is 16.3. The van der Waals surface area contributed by atoms with Crippen molar-refractivity contribution >= 4 is 5.91 Å². The van der Waals surface area contributed by atoms with E-state index in [4.69, 9.17) is 68.6 Å². The Kier molecular flexibility index (Phi) is 14.8. The number of carbonyl (C=O) groups is 1. The van der Waals surface area contributed by atoms with Crippen LogP contribution in [0.1, 0.15) is 6.42 Å². The molecule has 0 aromatic rings. The highest BCUT2D eigenvalue weighted by atomic mass is 16.8. The molecule has 3 saturated heterocycles. The van der Waals surface area contributed by atoms with Crippen molar-refractivity contribution < 1.29 is 63.9 Å². The predicted molar refractivity (Wildman–Crippen MR) is 166 cm³/mol. The molecule has 0 bridgehead atoms. The summed E-state index contributed by atoms with van der Waals surface area (Å²) < 4.78 is 35.3. The second-order valence-corrected chi connectivity index (χ2v) is 12.8. The van der Waals surface area contributed by atoms with Gasteiger partial charge in [0.2, 0.25) is 5.91 Å². The van der Waals surface area contributed by atoms with Gasteiger partial charge in [-0.3, -0.25) is 4.79 Å². The summed E-state index contributed by atoms with van der Waals surface area (Å²) in [5.41, 5.74) is 41.9. The molecule has 49 heavy (non-hydrogen) atoms. The maximum absolute atomic E-state index is 12.4. The average molecular weight is 714 g/mol. The number of hydrogen-bond donors (Lipinski definition) is 15. The number of rotatable bonds is 14. The molecule has 1 saturated carbocycles. The monoisotopic (exact) mass is 713 g/mol. The van der Waals surface area contributed by atoms with Crippen LogP contribution in [0.3, 0.4) is 0 Å². The molecule has 0 spiro atoms. The van der Waals surface area contributed by atoms with Crippen molar-refractivity contribution in [3.8, 4) is 0 Å². The minimum absolute atomic E-state index is 0.0669. The fraction of sp³-hybridized carbons (Fsp3) is 0.963. The van der Waals surface area contributed by atoms with E-state index >= 15 is 0 Å². The molecule has 0 aromatic carbocycles. The molecule has 3 aliphatic heterocycles. The summed E-state index contributed by atoms with van der Waals surface area (Å²) in [6.45, 7) is -0.325. The third-order valence-corrected chi connectivity index (χ3v) is 9.34. The Balaban J connectivity index is 1.47. The highest BCUT2D eigenvalue weighted by Crippen LogP contribution is 2.34. The smallest absolute Gasteiger partial charge is 0.234 e.